The highest BCUT2D eigenvalue weighted by Gasteiger charge is 2.56. The van der Waals surface area contributed by atoms with Crippen LogP contribution in [0.25, 0.3) is 0 Å². The van der Waals surface area contributed by atoms with E-state index in [1.807, 2.05) is 6.92 Å². The molecule has 13 heteroatoms. The summed E-state index contributed by atoms with van der Waals surface area (Å²) in [5.74, 6) is -0.881. The van der Waals surface area contributed by atoms with Gasteiger partial charge in [0.15, 0.2) is 5.13 Å². The van der Waals surface area contributed by atoms with Gasteiger partial charge in [0.1, 0.15) is 0 Å². The molecular formula is C19H26N6O5S2. The molecule has 2 aliphatic rings. The zero-order chi connectivity index (χ0) is 23.0. The molecule has 0 radical (unpaired) electrons. The first-order valence-electron chi connectivity index (χ1n) is 10.5. The van der Waals surface area contributed by atoms with E-state index in [2.05, 4.69) is 15.5 Å². The molecule has 2 amide bonds. The van der Waals surface area contributed by atoms with Crippen molar-refractivity contribution in [1.29, 1.82) is 0 Å². The highest BCUT2D eigenvalue weighted by molar-refractivity contribution is 7.86. The normalized spacial score (nSPS) is 23.8. The van der Waals surface area contributed by atoms with Crippen LogP contribution in [0.4, 0.5) is 5.13 Å². The van der Waals surface area contributed by atoms with E-state index < -0.39 is 28.1 Å². The second kappa shape index (κ2) is 8.89. The lowest BCUT2D eigenvalue weighted by molar-refractivity contribution is -0.120. The lowest BCUT2D eigenvalue weighted by atomic mass is 10.0. The Labute approximate surface area is 190 Å². The van der Waals surface area contributed by atoms with Crippen LogP contribution in [0, 0.1) is 5.92 Å². The first kappa shape index (κ1) is 22.8. The van der Waals surface area contributed by atoms with E-state index in [1.165, 1.54) is 32.2 Å². The van der Waals surface area contributed by atoms with E-state index >= 15 is 0 Å². The fraction of sp³-hybridized carbons (Fsp3) is 0.579. The standard InChI is InChI=1S/C19H26N6O5S2/c1-4-8-23(3)32(28,29)24-9-6-14-16(24)12(2)18(27)25(14)19-21-11-13(31-19)10-20-17(26)15-5-7-22-30-15/h5,7,11-12,14,16H,4,6,8-10H2,1-3H3,(H,20,26)/t12-,14-,16+/m0/s1. The number of aromatic nitrogens is 2. The average Bonchev–Trinajstić information content (AvgIpc) is 3.54. The summed E-state index contributed by atoms with van der Waals surface area (Å²) in [6, 6.07) is 0.783. The Morgan fingerprint density at radius 3 is 2.91 bits per heavy atom. The van der Waals surface area contributed by atoms with Crippen LogP contribution >= 0.6 is 11.3 Å². The third-order valence-electron chi connectivity index (χ3n) is 5.90. The van der Waals surface area contributed by atoms with Gasteiger partial charge in [-0.1, -0.05) is 30.3 Å². The number of amides is 2. The van der Waals surface area contributed by atoms with Crippen molar-refractivity contribution in [1.82, 2.24) is 24.1 Å². The molecule has 1 N–H and O–H groups in total. The van der Waals surface area contributed by atoms with Gasteiger partial charge in [0.25, 0.3) is 16.1 Å². The fourth-order valence-electron chi connectivity index (χ4n) is 4.36. The Bertz CT molecular complexity index is 1090. The van der Waals surface area contributed by atoms with Crippen molar-refractivity contribution in [2.75, 3.05) is 25.0 Å². The van der Waals surface area contributed by atoms with E-state index in [0.29, 0.717) is 31.1 Å². The quantitative estimate of drug-likeness (QED) is 0.596. The molecule has 2 aromatic rings. The van der Waals surface area contributed by atoms with Crippen LogP contribution in [0.1, 0.15) is 42.1 Å². The number of hydrogen-bond donors (Lipinski definition) is 1. The Hall–Kier alpha value is -2.35. The molecule has 2 saturated heterocycles. The van der Waals surface area contributed by atoms with E-state index in [0.717, 1.165) is 4.88 Å². The van der Waals surface area contributed by atoms with Crippen molar-refractivity contribution in [3.05, 3.63) is 29.1 Å². The fourth-order valence-corrected chi connectivity index (χ4v) is 7.01. The number of fused-ring (bicyclic) bond motifs is 1. The van der Waals surface area contributed by atoms with Gasteiger partial charge in [-0.25, -0.2) is 4.98 Å². The first-order valence-corrected chi connectivity index (χ1v) is 12.7. The Morgan fingerprint density at radius 2 is 2.22 bits per heavy atom. The summed E-state index contributed by atoms with van der Waals surface area (Å²) in [5, 5.41) is 6.74. The third-order valence-corrected chi connectivity index (χ3v) is 8.89. The van der Waals surface area contributed by atoms with Gasteiger partial charge >= 0.3 is 0 Å². The summed E-state index contributed by atoms with van der Waals surface area (Å²) < 4.78 is 33.8. The number of hydrogen-bond acceptors (Lipinski definition) is 8. The molecule has 32 heavy (non-hydrogen) atoms. The maximum absolute atomic E-state index is 13.1. The molecule has 2 aromatic heterocycles. The van der Waals surface area contributed by atoms with Crippen molar-refractivity contribution < 1.29 is 22.5 Å². The minimum Gasteiger partial charge on any atom is -0.351 e. The van der Waals surface area contributed by atoms with E-state index in [1.54, 1.807) is 25.1 Å². The third kappa shape index (κ3) is 3.93. The predicted molar refractivity (Wildman–Crippen MR) is 117 cm³/mol. The maximum atomic E-state index is 13.1. The molecule has 3 atom stereocenters. The molecule has 2 aliphatic heterocycles. The highest BCUT2D eigenvalue weighted by Crippen LogP contribution is 2.41. The molecule has 4 heterocycles. The van der Waals surface area contributed by atoms with E-state index in [-0.39, 0.29) is 24.3 Å². The van der Waals surface area contributed by atoms with E-state index in [4.69, 9.17) is 4.52 Å². The van der Waals surface area contributed by atoms with Crippen molar-refractivity contribution in [2.24, 2.45) is 5.92 Å². The average molecular weight is 483 g/mol. The lowest BCUT2D eigenvalue weighted by Crippen LogP contribution is -2.48. The van der Waals surface area contributed by atoms with Gasteiger partial charge in [0.2, 0.25) is 11.7 Å². The van der Waals surface area contributed by atoms with Gasteiger partial charge in [0, 0.05) is 37.3 Å². The van der Waals surface area contributed by atoms with Crippen LogP contribution in [0.15, 0.2) is 23.0 Å². The Morgan fingerprint density at radius 1 is 1.44 bits per heavy atom. The summed E-state index contributed by atoms with van der Waals surface area (Å²) in [6.07, 6.45) is 4.27. The van der Waals surface area contributed by atoms with Gasteiger partial charge < -0.3 is 9.84 Å². The second-order valence-corrected chi connectivity index (χ2v) is 11.0. The summed E-state index contributed by atoms with van der Waals surface area (Å²) in [5.41, 5.74) is 0. The molecule has 0 aromatic carbocycles. The number of carbonyl (C=O) groups is 2. The van der Waals surface area contributed by atoms with Gasteiger partial charge in [-0.15, -0.1) is 0 Å². The molecule has 4 rings (SSSR count). The number of nitrogens with zero attached hydrogens (tertiary/aromatic N) is 5. The molecule has 0 bridgehead atoms. The molecule has 0 saturated carbocycles. The minimum atomic E-state index is -3.64. The largest absolute Gasteiger partial charge is 0.351 e. The summed E-state index contributed by atoms with van der Waals surface area (Å²) in [4.78, 5) is 31.9. The van der Waals surface area contributed by atoms with Gasteiger partial charge in [-0.05, 0) is 12.8 Å². The van der Waals surface area contributed by atoms with Crippen LogP contribution in [0.5, 0.6) is 0 Å². The van der Waals surface area contributed by atoms with Gasteiger partial charge in [-0.3, -0.25) is 14.5 Å². The predicted octanol–water partition coefficient (Wildman–Crippen LogP) is 1.07. The SMILES string of the molecule is CCCN(C)S(=O)(=O)N1CC[C@H]2[C@H]1[C@H](C)C(=O)N2c1ncc(CNC(=O)c2ccno2)s1. The number of carbonyl (C=O) groups excluding carboxylic acids is 2. The lowest BCUT2D eigenvalue weighted by Gasteiger charge is -2.29. The smallest absolute Gasteiger partial charge is 0.290 e. The number of thiazole rings is 1. The van der Waals surface area contributed by atoms with Gasteiger partial charge in [-0.2, -0.15) is 17.0 Å². The maximum Gasteiger partial charge on any atom is 0.290 e. The molecule has 2 fully saturated rings. The van der Waals surface area contributed by atoms with Crippen molar-refractivity contribution >= 4 is 38.5 Å². The van der Waals surface area contributed by atoms with Crippen LogP contribution in [-0.2, 0) is 21.5 Å². The number of anilines is 1. The minimum absolute atomic E-state index is 0.112. The summed E-state index contributed by atoms with van der Waals surface area (Å²) in [6.45, 7) is 4.73. The van der Waals surface area contributed by atoms with Crippen molar-refractivity contribution in [2.45, 2.75) is 45.3 Å². The monoisotopic (exact) mass is 482 g/mol. The van der Waals surface area contributed by atoms with Crippen LogP contribution < -0.4 is 10.2 Å². The van der Waals surface area contributed by atoms with Crippen molar-refractivity contribution in [3.63, 3.8) is 0 Å². The number of rotatable bonds is 8. The zero-order valence-corrected chi connectivity index (χ0v) is 19.7. The summed E-state index contributed by atoms with van der Waals surface area (Å²) in [7, 11) is -2.07. The van der Waals surface area contributed by atoms with Crippen molar-refractivity contribution in [3.8, 4) is 0 Å². The summed E-state index contributed by atoms with van der Waals surface area (Å²) >= 11 is 1.30. The van der Waals surface area contributed by atoms with Gasteiger partial charge in [0.05, 0.1) is 30.7 Å². The highest BCUT2D eigenvalue weighted by atomic mass is 32.2. The second-order valence-electron chi connectivity index (χ2n) is 7.95. The first-order chi connectivity index (χ1) is 15.3. The topological polar surface area (TPSA) is 129 Å². The zero-order valence-electron chi connectivity index (χ0n) is 18.1. The molecular weight excluding hydrogens is 456 g/mol. The molecule has 174 valence electrons. The molecule has 0 unspecified atom stereocenters. The van der Waals surface area contributed by atoms with Crippen LogP contribution in [0.2, 0.25) is 0 Å². The molecule has 0 spiro atoms. The van der Waals surface area contributed by atoms with Crippen LogP contribution in [0.3, 0.4) is 0 Å². The Balaban J connectivity index is 1.49. The molecule has 11 nitrogen and oxygen atoms in total. The van der Waals surface area contributed by atoms with Crippen LogP contribution in [-0.4, -0.2) is 71.2 Å². The van der Waals surface area contributed by atoms with E-state index in [9.17, 15) is 18.0 Å². The number of nitrogens with one attached hydrogen (secondary N) is 1. The molecule has 0 aliphatic carbocycles. The Kier molecular flexibility index (Phi) is 6.34.